The summed E-state index contributed by atoms with van der Waals surface area (Å²) in [7, 11) is -3.84. The zero-order valence-electron chi connectivity index (χ0n) is 20.4. The number of rotatable bonds is 6. The van der Waals surface area contributed by atoms with Gasteiger partial charge < -0.3 is 20.1 Å². The lowest BCUT2D eigenvalue weighted by molar-refractivity contribution is 0.0437. The molecule has 3 rings (SSSR count). The van der Waals surface area contributed by atoms with Gasteiger partial charge in [-0.1, -0.05) is 37.8 Å². The number of alkyl carbamates (subject to hydrolysis) is 1. The number of morpholine rings is 1. The Morgan fingerprint density at radius 3 is 2.29 bits per heavy atom. The van der Waals surface area contributed by atoms with Crippen molar-refractivity contribution in [1.82, 2.24) is 14.9 Å². The summed E-state index contributed by atoms with van der Waals surface area (Å²) in [5, 5.41) is 5.92. The van der Waals surface area contributed by atoms with Gasteiger partial charge in [0.05, 0.1) is 29.2 Å². The Morgan fingerprint density at radius 1 is 1.06 bits per heavy atom. The molecule has 0 radical (unpaired) electrons. The Kier molecular flexibility index (Phi) is 8.59. The van der Waals surface area contributed by atoms with Crippen LogP contribution in [0.4, 0.5) is 4.79 Å². The molecule has 0 unspecified atom stereocenters. The number of hydrogen-bond acceptors (Lipinski definition) is 6. The maximum Gasteiger partial charge on any atom is 0.408 e. The molecule has 2 fully saturated rings. The number of amides is 2. The standard InChI is InChI=1S/C24H37N3O6S/c1-23(2,3)33-22(29)26-24(12-8-4-5-9-13-24)18-25-21(28)19-10-6-7-11-20(19)34(30,31)27-14-16-32-17-15-27/h6-7,10-11H,4-5,8-9,12-18H2,1-3H3,(H,25,28)(H,26,29). The minimum absolute atomic E-state index is 0.0237. The topological polar surface area (TPSA) is 114 Å². The summed E-state index contributed by atoms with van der Waals surface area (Å²) in [5.41, 5.74) is -1.19. The third-order valence-corrected chi connectivity index (χ3v) is 8.09. The van der Waals surface area contributed by atoms with Gasteiger partial charge in [0.25, 0.3) is 5.91 Å². The van der Waals surface area contributed by atoms with Crippen molar-refractivity contribution >= 4 is 22.0 Å². The molecule has 2 aliphatic rings. The molecule has 1 saturated heterocycles. The molecule has 1 aliphatic heterocycles. The van der Waals surface area contributed by atoms with Gasteiger partial charge in [-0.05, 0) is 45.7 Å². The molecule has 0 spiro atoms. The van der Waals surface area contributed by atoms with Crippen LogP contribution in [-0.2, 0) is 19.5 Å². The van der Waals surface area contributed by atoms with Crippen molar-refractivity contribution < 1.29 is 27.5 Å². The van der Waals surface area contributed by atoms with Crippen molar-refractivity contribution in [2.75, 3.05) is 32.8 Å². The van der Waals surface area contributed by atoms with E-state index in [0.717, 1.165) is 25.7 Å². The van der Waals surface area contributed by atoms with Gasteiger partial charge in [0, 0.05) is 19.6 Å². The molecule has 0 bridgehead atoms. The zero-order valence-corrected chi connectivity index (χ0v) is 21.2. The SMILES string of the molecule is CC(C)(C)OC(=O)NC1(CNC(=O)c2ccccc2S(=O)(=O)N2CCOCC2)CCCCCC1. The number of nitrogens with zero attached hydrogens (tertiary/aromatic N) is 1. The Hall–Kier alpha value is -2.17. The number of ether oxygens (including phenoxy) is 2. The van der Waals surface area contributed by atoms with Crippen LogP contribution in [-0.4, -0.2) is 68.7 Å². The molecule has 2 N–H and O–H groups in total. The minimum atomic E-state index is -3.84. The third-order valence-electron chi connectivity index (χ3n) is 6.13. The maximum absolute atomic E-state index is 13.2. The highest BCUT2D eigenvalue weighted by molar-refractivity contribution is 7.89. The van der Waals surface area contributed by atoms with E-state index < -0.39 is 33.2 Å². The van der Waals surface area contributed by atoms with Crippen molar-refractivity contribution in [2.24, 2.45) is 0 Å². The molecule has 1 aromatic rings. The molecule has 10 heteroatoms. The summed E-state index contributed by atoms with van der Waals surface area (Å²) in [6, 6.07) is 6.23. The number of carbonyl (C=O) groups is 2. The molecule has 1 aromatic carbocycles. The van der Waals surface area contributed by atoms with Crippen molar-refractivity contribution in [2.45, 2.75) is 75.3 Å². The lowest BCUT2D eigenvalue weighted by atomic mass is 9.90. The van der Waals surface area contributed by atoms with Crippen molar-refractivity contribution in [3.63, 3.8) is 0 Å². The van der Waals surface area contributed by atoms with Crippen LogP contribution in [0.15, 0.2) is 29.2 Å². The zero-order chi connectivity index (χ0) is 24.8. The minimum Gasteiger partial charge on any atom is -0.444 e. The number of benzene rings is 1. The lowest BCUT2D eigenvalue weighted by Crippen LogP contribution is -2.56. The monoisotopic (exact) mass is 495 g/mol. The average molecular weight is 496 g/mol. The predicted molar refractivity (Wildman–Crippen MR) is 128 cm³/mol. The first-order valence-electron chi connectivity index (χ1n) is 12.0. The second-order valence-corrected chi connectivity index (χ2v) is 11.9. The number of nitrogens with one attached hydrogen (secondary N) is 2. The summed E-state index contributed by atoms with van der Waals surface area (Å²) in [4.78, 5) is 25.8. The van der Waals surface area contributed by atoms with Gasteiger partial charge in [0.1, 0.15) is 5.60 Å². The van der Waals surface area contributed by atoms with E-state index in [9.17, 15) is 18.0 Å². The van der Waals surface area contributed by atoms with Gasteiger partial charge >= 0.3 is 6.09 Å². The fourth-order valence-corrected chi connectivity index (χ4v) is 6.02. The van der Waals surface area contributed by atoms with Gasteiger partial charge in [-0.25, -0.2) is 13.2 Å². The number of carbonyl (C=O) groups excluding carboxylic acids is 2. The first-order chi connectivity index (χ1) is 16.0. The summed E-state index contributed by atoms with van der Waals surface area (Å²) < 4.78 is 38.5. The van der Waals surface area contributed by atoms with Crippen LogP contribution in [0.25, 0.3) is 0 Å². The third kappa shape index (κ3) is 6.93. The van der Waals surface area contributed by atoms with Crippen LogP contribution >= 0.6 is 0 Å². The smallest absolute Gasteiger partial charge is 0.408 e. The molecular weight excluding hydrogens is 458 g/mol. The average Bonchev–Trinajstić information content (AvgIpc) is 3.02. The highest BCUT2D eigenvalue weighted by atomic mass is 32.2. The first-order valence-corrected chi connectivity index (χ1v) is 13.4. The van der Waals surface area contributed by atoms with Crippen molar-refractivity contribution in [1.29, 1.82) is 0 Å². The predicted octanol–water partition coefficient (Wildman–Crippen LogP) is 3.06. The molecule has 1 saturated carbocycles. The van der Waals surface area contributed by atoms with Crippen molar-refractivity contribution in [3.8, 4) is 0 Å². The van der Waals surface area contributed by atoms with Gasteiger partial charge in [-0.15, -0.1) is 0 Å². The number of hydrogen-bond donors (Lipinski definition) is 2. The lowest BCUT2D eigenvalue weighted by Gasteiger charge is -2.35. The van der Waals surface area contributed by atoms with Gasteiger partial charge in [-0.3, -0.25) is 4.79 Å². The summed E-state index contributed by atoms with van der Waals surface area (Å²) in [6.45, 7) is 6.76. The highest BCUT2D eigenvalue weighted by Crippen LogP contribution is 2.28. The van der Waals surface area contributed by atoms with E-state index in [0.29, 0.717) is 26.1 Å². The molecule has 0 aromatic heterocycles. The molecule has 190 valence electrons. The normalized spacial score (nSPS) is 19.6. The summed E-state index contributed by atoms with van der Waals surface area (Å²) in [5.74, 6) is -0.484. The quantitative estimate of drug-likeness (QED) is 0.587. The van der Waals surface area contributed by atoms with Crippen molar-refractivity contribution in [3.05, 3.63) is 29.8 Å². The largest absolute Gasteiger partial charge is 0.444 e. The molecule has 1 aliphatic carbocycles. The van der Waals surface area contributed by atoms with Gasteiger partial charge in [-0.2, -0.15) is 4.31 Å². The molecular formula is C24H37N3O6S. The van der Waals surface area contributed by atoms with E-state index in [2.05, 4.69) is 10.6 Å². The molecule has 1 heterocycles. The molecule has 9 nitrogen and oxygen atoms in total. The van der Waals surface area contributed by atoms with Gasteiger partial charge in [0.2, 0.25) is 10.0 Å². The second kappa shape index (κ2) is 11.0. The summed E-state index contributed by atoms with van der Waals surface area (Å²) in [6.07, 6.45) is 4.87. The van der Waals surface area contributed by atoms with E-state index in [1.54, 1.807) is 32.9 Å². The Bertz CT molecular complexity index is 959. The Balaban J connectivity index is 1.78. The Labute approximate surface area is 202 Å². The van der Waals surface area contributed by atoms with E-state index in [4.69, 9.17) is 9.47 Å². The van der Waals surface area contributed by atoms with Crippen LogP contribution in [0.2, 0.25) is 0 Å². The number of sulfonamides is 1. The van der Waals surface area contributed by atoms with Crippen LogP contribution in [0, 0.1) is 0 Å². The molecule has 0 atom stereocenters. The van der Waals surface area contributed by atoms with E-state index in [1.807, 2.05) is 0 Å². The van der Waals surface area contributed by atoms with Crippen LogP contribution in [0.3, 0.4) is 0 Å². The molecule has 2 amide bonds. The fraction of sp³-hybridized carbons (Fsp3) is 0.667. The Morgan fingerprint density at radius 2 is 1.68 bits per heavy atom. The fourth-order valence-electron chi connectivity index (χ4n) is 4.42. The first kappa shape index (κ1) is 26.4. The van der Waals surface area contributed by atoms with Crippen LogP contribution in [0.1, 0.15) is 69.7 Å². The summed E-state index contributed by atoms with van der Waals surface area (Å²) >= 11 is 0. The van der Waals surface area contributed by atoms with Gasteiger partial charge in [0.15, 0.2) is 0 Å². The van der Waals surface area contributed by atoms with E-state index in [1.165, 1.54) is 16.4 Å². The molecule has 34 heavy (non-hydrogen) atoms. The highest BCUT2D eigenvalue weighted by Gasteiger charge is 2.36. The maximum atomic E-state index is 13.2. The van der Waals surface area contributed by atoms with Crippen LogP contribution in [0.5, 0.6) is 0 Å². The van der Waals surface area contributed by atoms with E-state index in [-0.39, 0.29) is 30.1 Å². The second-order valence-electron chi connectivity index (χ2n) is 10.0. The van der Waals surface area contributed by atoms with Crippen LogP contribution < -0.4 is 10.6 Å². The van der Waals surface area contributed by atoms with E-state index >= 15 is 0 Å².